The summed E-state index contributed by atoms with van der Waals surface area (Å²) in [6.07, 6.45) is 0.982. The summed E-state index contributed by atoms with van der Waals surface area (Å²) in [5.74, 6) is -0.172. The van der Waals surface area contributed by atoms with Gasteiger partial charge in [0.05, 0.1) is 12.3 Å². The summed E-state index contributed by atoms with van der Waals surface area (Å²) in [6, 6.07) is 7.09. The van der Waals surface area contributed by atoms with E-state index in [0.717, 1.165) is 24.4 Å². The molecule has 1 aliphatic heterocycles. The third kappa shape index (κ3) is 3.32. The first-order valence-electron chi connectivity index (χ1n) is 6.43. The van der Waals surface area contributed by atoms with Crippen molar-refractivity contribution in [1.82, 2.24) is 5.32 Å². The smallest absolute Gasteiger partial charge is 0.251 e. The highest BCUT2D eigenvalue weighted by atomic mass is 16.3. The van der Waals surface area contributed by atoms with Crippen LogP contribution in [-0.4, -0.2) is 35.9 Å². The second kappa shape index (κ2) is 5.84. The van der Waals surface area contributed by atoms with Crippen molar-refractivity contribution in [2.45, 2.75) is 26.3 Å². The van der Waals surface area contributed by atoms with E-state index in [-0.39, 0.29) is 18.6 Å². The number of hydrogen-bond donors (Lipinski definition) is 2. The average Bonchev–Trinajstić information content (AvgIpc) is 2.85. The van der Waals surface area contributed by atoms with E-state index in [1.165, 1.54) is 0 Å². The largest absolute Gasteiger partial charge is 0.394 e. The van der Waals surface area contributed by atoms with Crippen LogP contribution in [0, 0.1) is 0 Å². The van der Waals surface area contributed by atoms with Gasteiger partial charge in [0.1, 0.15) is 0 Å². The first-order chi connectivity index (χ1) is 9.10. The molecule has 1 amide bonds. The van der Waals surface area contributed by atoms with Crippen LogP contribution in [0.5, 0.6) is 0 Å². The fraction of sp³-hybridized carbons (Fsp3) is 0.429. The minimum atomic E-state index is -0.238. The topological polar surface area (TPSA) is 64.9 Å². The Labute approximate surface area is 112 Å². The van der Waals surface area contributed by atoms with Crippen molar-refractivity contribution in [2.24, 2.45) is 5.10 Å². The molecule has 0 radical (unpaired) electrons. The van der Waals surface area contributed by atoms with Gasteiger partial charge in [-0.3, -0.25) is 9.80 Å². The molecule has 0 saturated heterocycles. The van der Waals surface area contributed by atoms with Gasteiger partial charge in [-0.15, -0.1) is 0 Å². The van der Waals surface area contributed by atoms with Crippen molar-refractivity contribution in [3.8, 4) is 0 Å². The molecule has 0 saturated carbocycles. The number of carbonyl (C=O) groups is 1. The van der Waals surface area contributed by atoms with Crippen molar-refractivity contribution in [2.75, 3.05) is 18.2 Å². The van der Waals surface area contributed by atoms with Crippen molar-refractivity contribution in [3.63, 3.8) is 0 Å². The molecule has 5 heteroatoms. The summed E-state index contributed by atoms with van der Waals surface area (Å²) in [5.41, 5.74) is 2.70. The Balaban J connectivity index is 2.04. The summed E-state index contributed by atoms with van der Waals surface area (Å²) >= 11 is 0. The van der Waals surface area contributed by atoms with Crippen molar-refractivity contribution < 1.29 is 9.90 Å². The number of hydrazone groups is 1. The number of carbonyl (C=O) groups excluding carboxylic acids is 1. The number of nitrogens with zero attached hydrogens (tertiary/aromatic N) is 2. The van der Waals surface area contributed by atoms with Crippen LogP contribution in [0.2, 0.25) is 0 Å². The molecule has 1 atom stereocenters. The average molecular weight is 261 g/mol. The van der Waals surface area contributed by atoms with Crippen molar-refractivity contribution in [3.05, 3.63) is 29.8 Å². The van der Waals surface area contributed by atoms with E-state index < -0.39 is 0 Å². The molecule has 1 unspecified atom stereocenters. The lowest BCUT2D eigenvalue weighted by atomic mass is 10.2. The number of aliphatic hydroxyl groups excluding tert-OH is 1. The zero-order valence-electron chi connectivity index (χ0n) is 11.3. The number of benzene rings is 1. The van der Waals surface area contributed by atoms with Crippen LogP contribution in [-0.2, 0) is 0 Å². The minimum Gasteiger partial charge on any atom is -0.394 e. The highest BCUT2D eigenvalue weighted by Crippen LogP contribution is 2.19. The molecule has 0 bridgehead atoms. The fourth-order valence-corrected chi connectivity index (χ4v) is 1.90. The SMILES string of the molecule is CC1=NN(c2ccc(C(=O)NC(C)CO)cc2)CC1. The van der Waals surface area contributed by atoms with E-state index >= 15 is 0 Å². The number of aliphatic hydroxyl groups is 1. The number of amides is 1. The number of anilines is 1. The Kier molecular flexibility index (Phi) is 4.16. The van der Waals surface area contributed by atoms with E-state index in [1.807, 2.05) is 24.1 Å². The molecule has 2 rings (SSSR count). The van der Waals surface area contributed by atoms with Crippen molar-refractivity contribution >= 4 is 17.3 Å². The van der Waals surface area contributed by atoms with Gasteiger partial charge in [0.15, 0.2) is 0 Å². The summed E-state index contributed by atoms with van der Waals surface area (Å²) in [5, 5.41) is 18.0. The molecule has 1 aromatic rings. The predicted octanol–water partition coefficient (Wildman–Crippen LogP) is 1.38. The Bertz CT molecular complexity index is 482. The second-order valence-electron chi connectivity index (χ2n) is 4.81. The Morgan fingerprint density at radius 1 is 1.47 bits per heavy atom. The van der Waals surface area contributed by atoms with E-state index in [4.69, 9.17) is 5.11 Å². The molecule has 0 spiro atoms. The Hall–Kier alpha value is -1.88. The highest BCUT2D eigenvalue weighted by molar-refractivity contribution is 5.94. The highest BCUT2D eigenvalue weighted by Gasteiger charge is 2.14. The Morgan fingerprint density at radius 2 is 2.16 bits per heavy atom. The summed E-state index contributed by atoms with van der Waals surface area (Å²) in [7, 11) is 0. The lowest BCUT2D eigenvalue weighted by Crippen LogP contribution is -2.34. The van der Waals surface area contributed by atoms with Gasteiger partial charge in [-0.1, -0.05) is 0 Å². The lowest BCUT2D eigenvalue weighted by Gasteiger charge is -2.14. The molecule has 2 N–H and O–H groups in total. The summed E-state index contributed by atoms with van der Waals surface area (Å²) in [4.78, 5) is 11.8. The zero-order chi connectivity index (χ0) is 13.8. The maximum Gasteiger partial charge on any atom is 0.251 e. The number of rotatable bonds is 4. The zero-order valence-corrected chi connectivity index (χ0v) is 11.3. The van der Waals surface area contributed by atoms with Crippen LogP contribution < -0.4 is 10.3 Å². The van der Waals surface area contributed by atoms with Gasteiger partial charge < -0.3 is 10.4 Å². The predicted molar refractivity (Wildman–Crippen MR) is 75.5 cm³/mol. The molecule has 19 heavy (non-hydrogen) atoms. The summed E-state index contributed by atoms with van der Waals surface area (Å²) < 4.78 is 0. The van der Waals surface area contributed by atoms with Crippen LogP contribution in [0.3, 0.4) is 0 Å². The van der Waals surface area contributed by atoms with Crippen LogP contribution in [0.15, 0.2) is 29.4 Å². The second-order valence-corrected chi connectivity index (χ2v) is 4.81. The first kappa shape index (κ1) is 13.5. The number of hydrogen-bond acceptors (Lipinski definition) is 4. The molecule has 0 fully saturated rings. The summed E-state index contributed by atoms with van der Waals surface area (Å²) in [6.45, 7) is 4.59. The van der Waals surface area contributed by atoms with Crippen molar-refractivity contribution in [1.29, 1.82) is 0 Å². The number of nitrogens with one attached hydrogen (secondary N) is 1. The van der Waals surface area contributed by atoms with Crippen LogP contribution in [0.1, 0.15) is 30.6 Å². The molecule has 5 nitrogen and oxygen atoms in total. The molecule has 1 aromatic carbocycles. The third-order valence-electron chi connectivity index (χ3n) is 3.06. The first-order valence-corrected chi connectivity index (χ1v) is 6.43. The van der Waals surface area contributed by atoms with Gasteiger partial charge in [0.2, 0.25) is 0 Å². The Morgan fingerprint density at radius 3 is 2.68 bits per heavy atom. The third-order valence-corrected chi connectivity index (χ3v) is 3.06. The van der Waals surface area contributed by atoms with Gasteiger partial charge >= 0.3 is 0 Å². The monoisotopic (exact) mass is 261 g/mol. The normalized spacial score (nSPS) is 16.2. The molecule has 0 aromatic heterocycles. The molecular weight excluding hydrogens is 242 g/mol. The molecule has 0 aliphatic carbocycles. The van der Waals surface area contributed by atoms with Crippen LogP contribution in [0.25, 0.3) is 0 Å². The molecular formula is C14H19N3O2. The lowest BCUT2D eigenvalue weighted by molar-refractivity contribution is 0.0922. The van der Waals surface area contributed by atoms with Gasteiger partial charge in [0, 0.05) is 30.3 Å². The van der Waals surface area contributed by atoms with Gasteiger partial charge in [0.25, 0.3) is 5.91 Å². The van der Waals surface area contributed by atoms with Gasteiger partial charge in [-0.25, -0.2) is 0 Å². The maximum atomic E-state index is 11.8. The molecule has 1 heterocycles. The van der Waals surface area contributed by atoms with E-state index in [2.05, 4.69) is 10.4 Å². The standard InChI is InChI=1S/C14H19N3O2/c1-10-7-8-17(16-10)13-5-3-12(4-6-13)14(19)15-11(2)9-18/h3-6,11,18H,7-9H2,1-2H3,(H,15,19). The minimum absolute atomic E-state index is 0.0639. The van der Waals surface area contributed by atoms with E-state index in [1.54, 1.807) is 19.1 Å². The maximum absolute atomic E-state index is 11.8. The van der Waals surface area contributed by atoms with Gasteiger partial charge in [-0.05, 0) is 38.1 Å². The van der Waals surface area contributed by atoms with E-state index in [9.17, 15) is 4.79 Å². The van der Waals surface area contributed by atoms with E-state index in [0.29, 0.717) is 5.56 Å². The van der Waals surface area contributed by atoms with Crippen LogP contribution >= 0.6 is 0 Å². The molecule has 102 valence electrons. The van der Waals surface area contributed by atoms with Crippen LogP contribution in [0.4, 0.5) is 5.69 Å². The fourth-order valence-electron chi connectivity index (χ4n) is 1.90. The van der Waals surface area contributed by atoms with Gasteiger partial charge in [-0.2, -0.15) is 5.10 Å². The molecule has 1 aliphatic rings. The quantitative estimate of drug-likeness (QED) is 0.860.